The van der Waals surface area contributed by atoms with Crippen molar-refractivity contribution in [1.29, 1.82) is 0 Å². The van der Waals surface area contributed by atoms with Crippen LogP contribution in [0.3, 0.4) is 0 Å². The second kappa shape index (κ2) is 4.85. The van der Waals surface area contributed by atoms with Crippen molar-refractivity contribution >= 4 is 7.82 Å². The fourth-order valence-corrected chi connectivity index (χ4v) is 0.737. The molecule has 0 aromatic carbocycles. The van der Waals surface area contributed by atoms with Gasteiger partial charge in [-0.2, -0.15) is 0 Å². The van der Waals surface area contributed by atoms with Crippen molar-refractivity contribution in [3.05, 3.63) is 6.61 Å². The molecule has 0 heterocycles. The minimum atomic E-state index is -4.26. The highest BCUT2D eigenvalue weighted by atomic mass is 31.2. The summed E-state index contributed by atoms with van der Waals surface area (Å²) in [6.45, 7) is 3.15. The van der Waals surface area contributed by atoms with Gasteiger partial charge in [-0.25, -0.2) is 4.57 Å². The van der Waals surface area contributed by atoms with Crippen molar-refractivity contribution in [2.75, 3.05) is 0 Å². The molecule has 0 saturated heterocycles. The van der Waals surface area contributed by atoms with Crippen LogP contribution in [-0.4, -0.2) is 9.79 Å². The van der Waals surface area contributed by atoms with E-state index in [4.69, 9.17) is 9.79 Å². The van der Waals surface area contributed by atoms with Crippen LogP contribution in [0.2, 0.25) is 0 Å². The van der Waals surface area contributed by atoms with Crippen LogP contribution in [0.1, 0.15) is 26.2 Å². The molecule has 0 saturated carbocycles. The molecule has 0 aliphatic rings. The van der Waals surface area contributed by atoms with Crippen molar-refractivity contribution in [1.82, 2.24) is 0 Å². The van der Waals surface area contributed by atoms with Crippen LogP contribution < -0.4 is 0 Å². The van der Waals surface area contributed by atoms with Gasteiger partial charge < -0.3 is 9.79 Å². The highest BCUT2D eigenvalue weighted by Gasteiger charge is 2.12. The van der Waals surface area contributed by atoms with Crippen LogP contribution in [0.4, 0.5) is 0 Å². The fourth-order valence-electron chi connectivity index (χ4n) is 0.437. The molecule has 0 aliphatic carbocycles. The zero-order chi connectivity index (χ0) is 8.04. The van der Waals surface area contributed by atoms with Gasteiger partial charge in [-0.1, -0.05) is 19.8 Å². The molecule has 0 amide bonds. The highest BCUT2D eigenvalue weighted by molar-refractivity contribution is 7.46. The Labute approximate surface area is 60.5 Å². The van der Waals surface area contributed by atoms with Crippen molar-refractivity contribution in [2.45, 2.75) is 26.2 Å². The van der Waals surface area contributed by atoms with Gasteiger partial charge in [-0.3, -0.25) is 4.52 Å². The normalized spacial score (nSPS) is 11.9. The number of hydrogen-bond acceptors (Lipinski definition) is 2. The summed E-state index contributed by atoms with van der Waals surface area (Å²) in [7, 11) is -4.26. The van der Waals surface area contributed by atoms with E-state index in [1.807, 2.05) is 6.92 Å². The van der Waals surface area contributed by atoms with Crippen molar-refractivity contribution in [3.8, 4) is 0 Å². The second-order valence-electron chi connectivity index (χ2n) is 1.90. The van der Waals surface area contributed by atoms with Gasteiger partial charge in [0.25, 0.3) is 0 Å². The minimum absolute atomic E-state index is 0.585. The largest absolute Gasteiger partial charge is 0.469 e. The predicted molar refractivity (Wildman–Crippen MR) is 37.0 cm³/mol. The summed E-state index contributed by atoms with van der Waals surface area (Å²) < 4.78 is 14.1. The van der Waals surface area contributed by atoms with Crippen LogP contribution in [0.15, 0.2) is 0 Å². The first-order valence-electron chi connectivity index (χ1n) is 3.12. The lowest BCUT2D eigenvalue weighted by Crippen LogP contribution is -1.85. The van der Waals surface area contributed by atoms with Gasteiger partial charge >= 0.3 is 7.82 Å². The molecule has 1 radical (unpaired) electrons. The number of hydrogen-bond donors (Lipinski definition) is 2. The van der Waals surface area contributed by atoms with Crippen LogP contribution in [0.5, 0.6) is 0 Å². The Bertz CT molecular complexity index is 119. The Morgan fingerprint density at radius 2 is 2.20 bits per heavy atom. The lowest BCUT2D eigenvalue weighted by molar-refractivity contribution is 0.230. The number of rotatable bonds is 5. The molecule has 61 valence electrons. The average molecular weight is 167 g/mol. The number of unbranched alkanes of at least 4 members (excludes halogenated alkanes) is 2. The summed E-state index contributed by atoms with van der Waals surface area (Å²) in [6, 6.07) is 0. The Kier molecular flexibility index (Phi) is 4.91. The lowest BCUT2D eigenvalue weighted by atomic mass is 10.3. The SMILES string of the molecule is CCCC[CH]OP(=O)(O)O. The summed E-state index contributed by atoms with van der Waals surface area (Å²) in [6.07, 6.45) is 2.46. The Morgan fingerprint density at radius 3 is 2.60 bits per heavy atom. The molecule has 0 aromatic rings. The maximum atomic E-state index is 10.0. The number of phosphoric acid groups is 1. The van der Waals surface area contributed by atoms with Gasteiger partial charge in [-0.05, 0) is 6.42 Å². The molecule has 5 heteroatoms. The Hall–Kier alpha value is 0.110. The summed E-state index contributed by atoms with van der Waals surface area (Å²) in [4.78, 5) is 16.3. The van der Waals surface area contributed by atoms with E-state index >= 15 is 0 Å². The first kappa shape index (κ1) is 10.1. The second-order valence-corrected chi connectivity index (χ2v) is 3.10. The molecule has 0 spiro atoms. The predicted octanol–water partition coefficient (Wildman–Crippen LogP) is 1.45. The fraction of sp³-hybridized carbons (Fsp3) is 0.800. The van der Waals surface area contributed by atoms with Crippen molar-refractivity contribution in [2.24, 2.45) is 0 Å². The van der Waals surface area contributed by atoms with Crippen LogP contribution in [0.25, 0.3) is 0 Å². The number of phosphoric ester groups is 1. The molecule has 0 aliphatic heterocycles. The highest BCUT2D eigenvalue weighted by Crippen LogP contribution is 2.37. The molecule has 0 bridgehead atoms. The third kappa shape index (κ3) is 8.11. The molecule has 0 unspecified atom stereocenters. The zero-order valence-corrected chi connectivity index (χ0v) is 6.75. The van der Waals surface area contributed by atoms with Gasteiger partial charge in [0.2, 0.25) is 0 Å². The van der Waals surface area contributed by atoms with Gasteiger partial charge in [0.1, 0.15) is 0 Å². The smallest absolute Gasteiger partial charge is 0.303 e. The zero-order valence-electron chi connectivity index (χ0n) is 5.86. The molecule has 4 nitrogen and oxygen atoms in total. The molecule has 0 rings (SSSR count). The van der Waals surface area contributed by atoms with E-state index in [0.717, 1.165) is 19.4 Å². The van der Waals surface area contributed by atoms with E-state index in [-0.39, 0.29) is 0 Å². The van der Waals surface area contributed by atoms with E-state index in [1.165, 1.54) is 0 Å². The van der Waals surface area contributed by atoms with Crippen molar-refractivity contribution < 1.29 is 18.9 Å². The van der Waals surface area contributed by atoms with Crippen LogP contribution in [-0.2, 0) is 9.09 Å². The first-order valence-corrected chi connectivity index (χ1v) is 4.65. The maximum Gasteiger partial charge on any atom is 0.469 e. The monoisotopic (exact) mass is 167 g/mol. The van der Waals surface area contributed by atoms with E-state index in [9.17, 15) is 4.57 Å². The van der Waals surface area contributed by atoms with E-state index < -0.39 is 7.82 Å². The van der Waals surface area contributed by atoms with Gasteiger partial charge in [-0.15, -0.1) is 0 Å². The molecule has 10 heavy (non-hydrogen) atoms. The minimum Gasteiger partial charge on any atom is -0.303 e. The first-order chi connectivity index (χ1) is 4.56. The summed E-state index contributed by atoms with van der Waals surface area (Å²) >= 11 is 0. The molecule has 2 N–H and O–H groups in total. The molecule has 0 atom stereocenters. The average Bonchev–Trinajstić information content (AvgIpc) is 1.78. The van der Waals surface area contributed by atoms with E-state index in [0.29, 0.717) is 6.42 Å². The topological polar surface area (TPSA) is 66.8 Å². The van der Waals surface area contributed by atoms with Gasteiger partial charge in [0.15, 0.2) is 0 Å². The molecule has 0 fully saturated rings. The standard InChI is InChI=1S/C5H12O4P/c1-2-3-4-5-9-10(6,7)8/h5H,2-4H2,1H3,(H2,6,7,8). The summed E-state index contributed by atoms with van der Waals surface area (Å²) in [5.41, 5.74) is 0. The molecule has 0 aromatic heterocycles. The maximum absolute atomic E-state index is 10.0. The Balaban J connectivity index is 3.13. The van der Waals surface area contributed by atoms with Gasteiger partial charge in [0.05, 0.1) is 6.61 Å². The lowest BCUT2D eigenvalue weighted by Gasteiger charge is -2.02. The van der Waals surface area contributed by atoms with Crippen LogP contribution >= 0.6 is 7.82 Å². The summed E-state index contributed by atoms with van der Waals surface area (Å²) in [5, 5.41) is 0. The van der Waals surface area contributed by atoms with Gasteiger partial charge in [0, 0.05) is 0 Å². The van der Waals surface area contributed by atoms with E-state index in [2.05, 4.69) is 4.52 Å². The van der Waals surface area contributed by atoms with E-state index in [1.54, 1.807) is 0 Å². The quantitative estimate of drug-likeness (QED) is 0.480. The Morgan fingerprint density at radius 1 is 1.60 bits per heavy atom. The third-order valence-electron chi connectivity index (χ3n) is 0.887. The van der Waals surface area contributed by atoms with Crippen LogP contribution in [0, 0.1) is 6.61 Å². The van der Waals surface area contributed by atoms with Crippen molar-refractivity contribution in [3.63, 3.8) is 0 Å². The molecular formula is C5H12O4P. The third-order valence-corrected chi connectivity index (χ3v) is 1.31. The summed E-state index contributed by atoms with van der Waals surface area (Å²) in [5.74, 6) is 0. The molecular weight excluding hydrogens is 155 g/mol.